The molecule has 1 aromatic carbocycles. The standard InChI is InChI=1S/C14H15BrFNO/c15-11-6-5-8(7-12(11)16)17-14(18)13-9-3-1-2-4-10(9)13/h5-7,9-10,13H,1-4H2,(H,17,18). The molecule has 0 heterocycles. The van der Waals surface area contributed by atoms with E-state index in [2.05, 4.69) is 21.2 Å². The number of amides is 1. The van der Waals surface area contributed by atoms with Crippen LogP contribution in [0.25, 0.3) is 0 Å². The highest BCUT2D eigenvalue weighted by Crippen LogP contribution is 2.55. The van der Waals surface area contributed by atoms with E-state index < -0.39 is 0 Å². The monoisotopic (exact) mass is 311 g/mol. The van der Waals surface area contributed by atoms with Crippen LogP contribution in [-0.2, 0) is 4.79 Å². The molecule has 2 fully saturated rings. The number of anilines is 1. The van der Waals surface area contributed by atoms with Crippen LogP contribution in [0.2, 0.25) is 0 Å². The maximum Gasteiger partial charge on any atom is 0.228 e. The van der Waals surface area contributed by atoms with Gasteiger partial charge in [0, 0.05) is 11.6 Å². The van der Waals surface area contributed by atoms with Gasteiger partial charge < -0.3 is 5.32 Å². The van der Waals surface area contributed by atoms with Crippen molar-refractivity contribution in [1.29, 1.82) is 0 Å². The number of rotatable bonds is 2. The lowest BCUT2D eigenvalue weighted by molar-refractivity contribution is -0.117. The first-order chi connectivity index (χ1) is 8.66. The Labute approximate surface area is 114 Å². The third-order valence-corrected chi connectivity index (χ3v) is 4.79. The maximum absolute atomic E-state index is 13.3. The molecule has 96 valence electrons. The van der Waals surface area contributed by atoms with Gasteiger partial charge in [-0.05, 0) is 58.8 Å². The average Bonchev–Trinajstić information content (AvgIpc) is 3.08. The van der Waals surface area contributed by atoms with Crippen molar-refractivity contribution in [2.24, 2.45) is 17.8 Å². The number of hydrogen-bond donors (Lipinski definition) is 1. The Morgan fingerprint density at radius 2 is 1.94 bits per heavy atom. The van der Waals surface area contributed by atoms with Crippen molar-refractivity contribution in [3.05, 3.63) is 28.5 Å². The van der Waals surface area contributed by atoms with Crippen LogP contribution in [0.3, 0.4) is 0 Å². The molecule has 1 aromatic rings. The van der Waals surface area contributed by atoms with Gasteiger partial charge in [-0.1, -0.05) is 12.8 Å². The topological polar surface area (TPSA) is 29.1 Å². The lowest BCUT2D eigenvalue weighted by atomic mass is 10.0. The van der Waals surface area contributed by atoms with Gasteiger partial charge in [-0.15, -0.1) is 0 Å². The average molecular weight is 312 g/mol. The number of carbonyl (C=O) groups excluding carboxylic acids is 1. The summed E-state index contributed by atoms with van der Waals surface area (Å²) in [5, 5.41) is 2.83. The number of nitrogens with one attached hydrogen (secondary N) is 1. The van der Waals surface area contributed by atoms with Crippen molar-refractivity contribution in [2.75, 3.05) is 5.32 Å². The van der Waals surface area contributed by atoms with Crippen molar-refractivity contribution < 1.29 is 9.18 Å². The smallest absolute Gasteiger partial charge is 0.228 e. The van der Waals surface area contributed by atoms with Crippen molar-refractivity contribution in [3.8, 4) is 0 Å². The molecule has 1 amide bonds. The highest BCUT2D eigenvalue weighted by molar-refractivity contribution is 9.10. The summed E-state index contributed by atoms with van der Waals surface area (Å²) in [5.41, 5.74) is 0.546. The lowest BCUT2D eigenvalue weighted by Crippen LogP contribution is -2.15. The molecule has 0 radical (unpaired) electrons. The maximum atomic E-state index is 13.3. The van der Waals surface area contributed by atoms with E-state index >= 15 is 0 Å². The van der Waals surface area contributed by atoms with E-state index in [9.17, 15) is 9.18 Å². The first kappa shape index (κ1) is 12.2. The third-order valence-electron chi connectivity index (χ3n) is 4.15. The van der Waals surface area contributed by atoms with E-state index in [4.69, 9.17) is 0 Å². The van der Waals surface area contributed by atoms with Crippen LogP contribution in [0.5, 0.6) is 0 Å². The molecule has 2 unspecified atom stereocenters. The molecule has 4 heteroatoms. The second-order valence-electron chi connectivity index (χ2n) is 5.26. The molecule has 0 aromatic heterocycles. The zero-order valence-corrected chi connectivity index (χ0v) is 11.5. The molecule has 2 aliphatic carbocycles. The Balaban J connectivity index is 1.66. The number of fused-ring (bicyclic) bond motifs is 1. The van der Waals surface area contributed by atoms with Crippen molar-refractivity contribution in [1.82, 2.24) is 0 Å². The Hall–Kier alpha value is -0.900. The molecule has 2 aliphatic rings. The normalized spacial score (nSPS) is 29.6. The van der Waals surface area contributed by atoms with E-state index in [-0.39, 0.29) is 17.6 Å². The quantitative estimate of drug-likeness (QED) is 0.880. The SMILES string of the molecule is O=C(Nc1ccc(Br)c(F)c1)C1C2CCCCC21. The van der Waals surface area contributed by atoms with Crippen LogP contribution < -0.4 is 5.32 Å². The Bertz CT molecular complexity index is 479. The van der Waals surface area contributed by atoms with Gasteiger partial charge in [-0.2, -0.15) is 0 Å². The van der Waals surface area contributed by atoms with Gasteiger partial charge in [0.15, 0.2) is 0 Å². The highest BCUT2D eigenvalue weighted by atomic mass is 79.9. The van der Waals surface area contributed by atoms with Gasteiger partial charge in [0.2, 0.25) is 5.91 Å². The van der Waals surface area contributed by atoms with Gasteiger partial charge in [0.05, 0.1) is 4.47 Å². The number of hydrogen-bond acceptors (Lipinski definition) is 1. The number of halogens is 2. The van der Waals surface area contributed by atoms with Crippen LogP contribution in [-0.4, -0.2) is 5.91 Å². The summed E-state index contributed by atoms with van der Waals surface area (Å²) >= 11 is 3.10. The van der Waals surface area contributed by atoms with Gasteiger partial charge in [-0.3, -0.25) is 4.79 Å². The molecule has 0 spiro atoms. The zero-order valence-electron chi connectivity index (χ0n) is 9.96. The van der Waals surface area contributed by atoms with E-state index in [0.717, 1.165) is 0 Å². The van der Waals surface area contributed by atoms with Crippen LogP contribution in [0, 0.1) is 23.6 Å². The first-order valence-corrected chi connectivity index (χ1v) is 7.22. The number of benzene rings is 1. The van der Waals surface area contributed by atoms with Crippen LogP contribution in [0.1, 0.15) is 25.7 Å². The molecule has 0 bridgehead atoms. The predicted molar refractivity (Wildman–Crippen MR) is 71.7 cm³/mol. The third kappa shape index (κ3) is 2.18. The summed E-state index contributed by atoms with van der Waals surface area (Å²) in [6, 6.07) is 4.69. The minimum atomic E-state index is -0.346. The predicted octanol–water partition coefficient (Wildman–Crippen LogP) is 3.96. The molecule has 2 nitrogen and oxygen atoms in total. The summed E-state index contributed by atoms with van der Waals surface area (Å²) < 4.78 is 13.8. The second-order valence-corrected chi connectivity index (χ2v) is 6.11. The second kappa shape index (κ2) is 4.65. The largest absolute Gasteiger partial charge is 0.326 e. The van der Waals surface area contributed by atoms with Crippen LogP contribution in [0.15, 0.2) is 22.7 Å². The van der Waals surface area contributed by atoms with Crippen molar-refractivity contribution in [3.63, 3.8) is 0 Å². The van der Waals surface area contributed by atoms with Gasteiger partial charge >= 0.3 is 0 Å². The van der Waals surface area contributed by atoms with Gasteiger partial charge in [-0.25, -0.2) is 4.39 Å². The zero-order chi connectivity index (χ0) is 12.7. The minimum Gasteiger partial charge on any atom is -0.326 e. The van der Waals surface area contributed by atoms with E-state index in [1.165, 1.54) is 31.7 Å². The summed E-state index contributed by atoms with van der Waals surface area (Å²) in [4.78, 5) is 12.1. The summed E-state index contributed by atoms with van der Waals surface area (Å²) in [6.07, 6.45) is 4.85. The molecule has 0 saturated heterocycles. The van der Waals surface area contributed by atoms with E-state index in [1.54, 1.807) is 12.1 Å². The molecule has 2 saturated carbocycles. The molecular formula is C14H15BrFNO. The molecule has 3 rings (SSSR count). The fraction of sp³-hybridized carbons (Fsp3) is 0.500. The molecule has 18 heavy (non-hydrogen) atoms. The fourth-order valence-corrected chi connectivity index (χ4v) is 3.43. The summed E-state index contributed by atoms with van der Waals surface area (Å²) in [6.45, 7) is 0. The van der Waals surface area contributed by atoms with Crippen LogP contribution in [0.4, 0.5) is 10.1 Å². The molecular weight excluding hydrogens is 297 g/mol. The summed E-state index contributed by atoms with van der Waals surface area (Å²) in [7, 11) is 0. The highest BCUT2D eigenvalue weighted by Gasteiger charge is 2.54. The van der Waals surface area contributed by atoms with E-state index in [1.807, 2.05) is 0 Å². The van der Waals surface area contributed by atoms with Gasteiger partial charge in [0.1, 0.15) is 5.82 Å². The Morgan fingerprint density at radius 3 is 2.56 bits per heavy atom. The summed E-state index contributed by atoms with van der Waals surface area (Å²) in [5.74, 6) is 1.05. The fourth-order valence-electron chi connectivity index (χ4n) is 3.18. The van der Waals surface area contributed by atoms with Crippen LogP contribution >= 0.6 is 15.9 Å². The first-order valence-electron chi connectivity index (χ1n) is 6.43. The molecule has 0 aliphatic heterocycles. The minimum absolute atomic E-state index is 0.0635. The Morgan fingerprint density at radius 1 is 1.28 bits per heavy atom. The molecule has 1 N–H and O–H groups in total. The number of carbonyl (C=O) groups is 1. The Kier molecular flexibility index (Phi) is 3.14. The van der Waals surface area contributed by atoms with Crippen molar-refractivity contribution in [2.45, 2.75) is 25.7 Å². The lowest BCUT2D eigenvalue weighted by Gasteiger charge is -2.05. The van der Waals surface area contributed by atoms with Gasteiger partial charge in [0.25, 0.3) is 0 Å². The van der Waals surface area contributed by atoms with E-state index in [0.29, 0.717) is 22.0 Å². The van der Waals surface area contributed by atoms with Crippen molar-refractivity contribution >= 4 is 27.5 Å². The molecule has 2 atom stereocenters.